The van der Waals surface area contributed by atoms with Gasteiger partial charge < -0.3 is 0 Å². The molecule has 0 atom stereocenters. The third-order valence-electron chi connectivity index (χ3n) is 1.43. The molecule has 2 rings (SSSR count). The molecule has 0 aliphatic rings. The van der Waals surface area contributed by atoms with Crippen molar-refractivity contribution in [1.29, 1.82) is 0 Å². The van der Waals surface area contributed by atoms with Crippen LogP contribution in [0, 0.1) is 0 Å². The van der Waals surface area contributed by atoms with Crippen LogP contribution in [0.3, 0.4) is 0 Å². The van der Waals surface area contributed by atoms with Gasteiger partial charge in [0.1, 0.15) is 0 Å². The molecule has 2 aromatic heterocycles. The number of nitrogens with zero attached hydrogens (tertiary/aromatic N) is 4. The molecule has 0 bridgehead atoms. The fourth-order valence-electron chi connectivity index (χ4n) is 0.846. The molecule has 7 heteroatoms. The Kier molecular flexibility index (Phi) is 3.35. The van der Waals surface area contributed by atoms with Gasteiger partial charge in [0.2, 0.25) is 0 Å². The number of hydrogen-bond donors (Lipinski definition) is 0. The normalized spacial score (nSPS) is 10.3. The maximum Gasteiger partial charge on any atom is 0.192 e. The molecule has 76 valence electrons. The summed E-state index contributed by atoms with van der Waals surface area (Å²) >= 11 is 12.8. The molecule has 0 spiro atoms. The van der Waals surface area contributed by atoms with Crippen LogP contribution >= 0.6 is 35.0 Å². The molecule has 0 N–H and O–H groups in total. The molecule has 0 aliphatic carbocycles. The maximum atomic E-state index is 5.84. The van der Waals surface area contributed by atoms with Gasteiger partial charge in [-0.05, 0) is 23.9 Å². The van der Waals surface area contributed by atoms with Gasteiger partial charge in [-0.25, -0.2) is 9.97 Å². The molecule has 0 radical (unpaired) electrons. The first-order chi connectivity index (χ1) is 7.25. The third kappa shape index (κ3) is 2.77. The van der Waals surface area contributed by atoms with Gasteiger partial charge in [-0.2, -0.15) is 0 Å². The van der Waals surface area contributed by atoms with Crippen LogP contribution in [0.1, 0.15) is 0 Å². The average molecular weight is 259 g/mol. The minimum Gasteiger partial charge on any atom is -0.231 e. The zero-order valence-corrected chi connectivity index (χ0v) is 9.59. The van der Waals surface area contributed by atoms with Crippen molar-refractivity contribution in [2.45, 2.75) is 10.1 Å². The highest BCUT2D eigenvalue weighted by Gasteiger charge is 2.07. The maximum absolute atomic E-state index is 5.84. The molecule has 0 aromatic carbocycles. The molecular formula is C8H4Cl2N4S. The van der Waals surface area contributed by atoms with Gasteiger partial charge in [-0.3, -0.25) is 0 Å². The van der Waals surface area contributed by atoms with Crippen LogP contribution in [0.5, 0.6) is 0 Å². The quantitative estimate of drug-likeness (QED) is 0.776. The molecule has 4 nitrogen and oxygen atoms in total. The second-order valence-corrected chi connectivity index (χ2v) is 4.21. The summed E-state index contributed by atoms with van der Waals surface area (Å²) in [5.74, 6) is 0. The largest absolute Gasteiger partial charge is 0.231 e. The minimum atomic E-state index is 0.289. The first-order valence-electron chi connectivity index (χ1n) is 3.89. The first-order valence-corrected chi connectivity index (χ1v) is 5.46. The van der Waals surface area contributed by atoms with E-state index in [0.717, 1.165) is 0 Å². The molecule has 2 heterocycles. The Labute approximate surface area is 100 Å². The second-order valence-electron chi connectivity index (χ2n) is 2.46. The third-order valence-corrected chi connectivity index (χ3v) is 2.93. The fraction of sp³-hybridized carbons (Fsp3) is 0. The summed E-state index contributed by atoms with van der Waals surface area (Å²) in [4.78, 5) is 8.78. The number of hydrogen-bond acceptors (Lipinski definition) is 5. The Bertz CT molecular complexity index is 465. The monoisotopic (exact) mass is 258 g/mol. The molecular weight excluding hydrogens is 255 g/mol. The van der Waals surface area contributed by atoms with E-state index in [2.05, 4.69) is 20.2 Å². The first kappa shape index (κ1) is 10.6. The van der Waals surface area contributed by atoms with E-state index in [4.69, 9.17) is 23.2 Å². The highest BCUT2D eigenvalue weighted by Crippen LogP contribution is 2.30. The van der Waals surface area contributed by atoms with Crippen molar-refractivity contribution < 1.29 is 0 Å². The smallest absolute Gasteiger partial charge is 0.192 e. The highest BCUT2D eigenvalue weighted by molar-refractivity contribution is 7.99. The van der Waals surface area contributed by atoms with E-state index >= 15 is 0 Å². The van der Waals surface area contributed by atoms with E-state index in [1.807, 2.05) is 0 Å². The summed E-state index contributed by atoms with van der Waals surface area (Å²) in [6, 6.07) is 3.36. The number of halogens is 2. The number of rotatable bonds is 2. The van der Waals surface area contributed by atoms with Crippen molar-refractivity contribution in [3.8, 4) is 0 Å². The van der Waals surface area contributed by atoms with Crippen molar-refractivity contribution in [2.75, 3.05) is 0 Å². The Morgan fingerprint density at radius 3 is 2.53 bits per heavy atom. The predicted molar refractivity (Wildman–Crippen MR) is 58.2 cm³/mol. The molecule has 0 saturated heterocycles. The van der Waals surface area contributed by atoms with Gasteiger partial charge in [0.05, 0.1) is 4.90 Å². The van der Waals surface area contributed by atoms with Gasteiger partial charge in [0, 0.05) is 12.4 Å². The minimum absolute atomic E-state index is 0.289. The molecule has 2 aromatic rings. The molecule has 15 heavy (non-hydrogen) atoms. The summed E-state index contributed by atoms with van der Waals surface area (Å²) in [6.07, 6.45) is 3.30. The van der Waals surface area contributed by atoms with Gasteiger partial charge in [0.15, 0.2) is 15.5 Å². The zero-order chi connectivity index (χ0) is 10.7. The summed E-state index contributed by atoms with van der Waals surface area (Å²) in [5.41, 5.74) is 0. The van der Waals surface area contributed by atoms with Crippen LogP contribution < -0.4 is 0 Å². The van der Waals surface area contributed by atoms with Crippen molar-refractivity contribution in [1.82, 2.24) is 20.2 Å². The lowest BCUT2D eigenvalue weighted by molar-refractivity contribution is 0.958. The topological polar surface area (TPSA) is 51.6 Å². The Hall–Kier alpha value is -0.910. The van der Waals surface area contributed by atoms with E-state index < -0.39 is 0 Å². The fourth-order valence-corrected chi connectivity index (χ4v) is 1.98. The van der Waals surface area contributed by atoms with Crippen LogP contribution in [-0.4, -0.2) is 20.2 Å². The average Bonchev–Trinajstić information content (AvgIpc) is 2.25. The summed E-state index contributed by atoms with van der Waals surface area (Å²) in [6.45, 7) is 0. The van der Waals surface area contributed by atoms with Gasteiger partial charge in [-0.1, -0.05) is 23.2 Å². The summed E-state index contributed by atoms with van der Waals surface area (Å²) in [5, 5.41) is 8.46. The molecule has 0 saturated carbocycles. The number of aromatic nitrogens is 4. The van der Waals surface area contributed by atoms with Crippen LogP contribution in [0.25, 0.3) is 0 Å². The molecule has 0 fully saturated rings. The molecule has 0 unspecified atom stereocenters. The van der Waals surface area contributed by atoms with Gasteiger partial charge in [0.25, 0.3) is 0 Å². The van der Waals surface area contributed by atoms with Gasteiger partial charge in [-0.15, -0.1) is 10.2 Å². The Morgan fingerprint density at radius 1 is 1.07 bits per heavy atom. The SMILES string of the molecule is Clc1cc(Sc2ncccn2)c(Cl)nn1. The standard InChI is InChI=1S/C8H4Cl2N4S/c9-6-4-5(7(10)14-13-6)15-8-11-2-1-3-12-8/h1-4H. The van der Waals surface area contributed by atoms with Gasteiger partial charge >= 0.3 is 0 Å². The highest BCUT2D eigenvalue weighted by atomic mass is 35.5. The predicted octanol–water partition coefficient (Wildman–Crippen LogP) is 2.72. The van der Waals surface area contributed by atoms with Crippen molar-refractivity contribution in [3.05, 3.63) is 34.8 Å². The molecule has 0 amide bonds. The van der Waals surface area contributed by atoms with E-state index in [1.165, 1.54) is 11.8 Å². The van der Waals surface area contributed by atoms with E-state index in [1.54, 1.807) is 24.5 Å². The van der Waals surface area contributed by atoms with Crippen LogP contribution in [0.15, 0.2) is 34.6 Å². The Morgan fingerprint density at radius 2 is 1.80 bits per heavy atom. The lowest BCUT2D eigenvalue weighted by atomic mass is 10.6. The second kappa shape index (κ2) is 4.74. The summed E-state index contributed by atoms with van der Waals surface area (Å²) < 4.78 is 0. The van der Waals surface area contributed by atoms with Crippen molar-refractivity contribution >= 4 is 35.0 Å². The lowest BCUT2D eigenvalue weighted by Gasteiger charge is -2.00. The lowest BCUT2D eigenvalue weighted by Crippen LogP contribution is -1.88. The molecule has 0 aliphatic heterocycles. The Balaban J connectivity index is 2.28. The van der Waals surface area contributed by atoms with Crippen molar-refractivity contribution in [3.63, 3.8) is 0 Å². The van der Waals surface area contributed by atoms with Crippen LogP contribution in [0.4, 0.5) is 0 Å². The zero-order valence-electron chi connectivity index (χ0n) is 7.26. The van der Waals surface area contributed by atoms with E-state index in [9.17, 15) is 0 Å². The van der Waals surface area contributed by atoms with Crippen LogP contribution in [-0.2, 0) is 0 Å². The summed E-state index contributed by atoms with van der Waals surface area (Å²) in [7, 11) is 0. The van der Waals surface area contributed by atoms with Crippen LogP contribution in [0.2, 0.25) is 10.3 Å². The van der Waals surface area contributed by atoms with E-state index in [0.29, 0.717) is 10.1 Å². The van der Waals surface area contributed by atoms with E-state index in [-0.39, 0.29) is 10.3 Å². The van der Waals surface area contributed by atoms with Crippen molar-refractivity contribution in [2.24, 2.45) is 0 Å².